The molecular weight excluding hydrogens is 246 g/mol. The smallest absolute Gasteiger partial charge is 0.634 e. The fourth-order valence-corrected chi connectivity index (χ4v) is 0.477. The molecule has 0 aliphatic heterocycles. The summed E-state index contributed by atoms with van der Waals surface area (Å²) in [6, 6.07) is 0. The van der Waals surface area contributed by atoms with Crippen LogP contribution in [0.15, 0.2) is 12.7 Å². The van der Waals surface area contributed by atoms with E-state index in [-0.39, 0.29) is 35.5 Å². The Labute approximate surface area is 117 Å². The molecule has 6 nitrogen and oxygen atoms in total. The molecule has 0 saturated heterocycles. The summed E-state index contributed by atoms with van der Waals surface area (Å²) in [5, 5.41) is 0. The molecule has 16 heavy (non-hydrogen) atoms. The molecule has 0 radical (unpaired) electrons. The van der Waals surface area contributed by atoms with E-state index in [2.05, 4.69) is 18.2 Å². The number of carbonyl (C=O) groups excluding carboxylic acids is 1. The van der Waals surface area contributed by atoms with Crippen molar-refractivity contribution in [3.05, 3.63) is 19.3 Å². The molecule has 0 fully saturated rings. The van der Waals surface area contributed by atoms with Crippen molar-refractivity contribution < 1.29 is 58.3 Å². The third kappa shape index (κ3) is 36.7. The number of esters is 1. The number of unbranched alkanes of at least 4 members (excludes halogenated alkanes) is 2. The summed E-state index contributed by atoms with van der Waals surface area (Å²) in [5.41, 5.74) is 0. The number of ether oxygens (including phenoxy) is 1. The predicted molar refractivity (Wildman–Crippen MR) is 54.4 cm³/mol. The molecular formula is C8H16NaO6P. The van der Waals surface area contributed by atoms with Crippen molar-refractivity contribution in [2.45, 2.75) is 26.2 Å². The maximum Gasteiger partial charge on any atom is 1.00 e. The number of carbonyl (C=O) groups is 1. The van der Waals surface area contributed by atoms with Crippen molar-refractivity contribution in [3.8, 4) is 0 Å². The summed E-state index contributed by atoms with van der Waals surface area (Å²) in [5.74, 6) is -0.379. The molecule has 8 heteroatoms. The monoisotopic (exact) mass is 262 g/mol. The SMILES string of the molecule is C=CC(=O)O[CH-]CCCC.O=P(O)(O)O.[Na+]. The van der Waals surface area contributed by atoms with Gasteiger partial charge in [0.15, 0.2) is 0 Å². The van der Waals surface area contributed by atoms with Crippen LogP contribution in [0.1, 0.15) is 26.2 Å². The second-order valence-corrected chi connectivity index (χ2v) is 3.49. The van der Waals surface area contributed by atoms with Crippen LogP contribution in [0.25, 0.3) is 0 Å². The van der Waals surface area contributed by atoms with Crippen LogP contribution in [0.3, 0.4) is 0 Å². The van der Waals surface area contributed by atoms with Gasteiger partial charge in [-0.05, 0) is 0 Å². The minimum Gasteiger partial charge on any atom is -0.634 e. The van der Waals surface area contributed by atoms with Crippen LogP contribution in [0, 0.1) is 6.61 Å². The maximum absolute atomic E-state index is 10.4. The second-order valence-electron chi connectivity index (χ2n) is 2.46. The van der Waals surface area contributed by atoms with E-state index in [1.165, 1.54) is 6.61 Å². The zero-order valence-corrected chi connectivity index (χ0v) is 12.4. The van der Waals surface area contributed by atoms with Crippen molar-refractivity contribution in [1.82, 2.24) is 0 Å². The molecule has 0 aromatic carbocycles. The van der Waals surface area contributed by atoms with Crippen molar-refractivity contribution in [2.24, 2.45) is 0 Å². The van der Waals surface area contributed by atoms with Crippen LogP contribution in [0.4, 0.5) is 0 Å². The van der Waals surface area contributed by atoms with Crippen LogP contribution < -0.4 is 29.6 Å². The van der Waals surface area contributed by atoms with Gasteiger partial charge in [0.05, 0.1) is 0 Å². The van der Waals surface area contributed by atoms with Gasteiger partial charge in [0.25, 0.3) is 5.97 Å². The van der Waals surface area contributed by atoms with Crippen LogP contribution in [-0.4, -0.2) is 20.6 Å². The van der Waals surface area contributed by atoms with E-state index in [0.717, 1.165) is 25.3 Å². The molecule has 0 aromatic heterocycles. The number of hydrogen-bond acceptors (Lipinski definition) is 3. The van der Waals surface area contributed by atoms with Gasteiger partial charge in [-0.15, -0.1) is 6.42 Å². The van der Waals surface area contributed by atoms with E-state index in [9.17, 15) is 4.79 Å². The molecule has 0 aliphatic rings. The van der Waals surface area contributed by atoms with E-state index in [4.69, 9.17) is 19.2 Å². The normalized spacial score (nSPS) is 9.25. The summed E-state index contributed by atoms with van der Waals surface area (Å²) >= 11 is 0. The van der Waals surface area contributed by atoms with E-state index in [1.807, 2.05) is 0 Å². The van der Waals surface area contributed by atoms with Crippen molar-refractivity contribution in [2.75, 3.05) is 0 Å². The molecule has 0 amide bonds. The van der Waals surface area contributed by atoms with Gasteiger partial charge in [-0.2, -0.15) is 6.61 Å². The first-order valence-corrected chi connectivity index (χ1v) is 5.80. The first kappa shape index (κ1) is 21.6. The van der Waals surface area contributed by atoms with E-state index < -0.39 is 7.82 Å². The van der Waals surface area contributed by atoms with Gasteiger partial charge in [0.2, 0.25) is 0 Å². The Morgan fingerprint density at radius 3 is 2.25 bits per heavy atom. The number of phosphoric acid groups is 1. The molecule has 0 aromatic rings. The Morgan fingerprint density at radius 2 is 1.94 bits per heavy atom. The number of rotatable bonds is 5. The minimum atomic E-state index is -4.64. The van der Waals surface area contributed by atoms with Crippen LogP contribution in [0.5, 0.6) is 0 Å². The quantitative estimate of drug-likeness (QED) is 0.134. The van der Waals surface area contributed by atoms with Gasteiger partial charge < -0.3 is 19.4 Å². The topological polar surface area (TPSA) is 104 Å². The molecule has 0 atom stereocenters. The fourth-order valence-electron chi connectivity index (χ4n) is 0.477. The molecule has 3 N–H and O–H groups in total. The zero-order chi connectivity index (χ0) is 12.3. The van der Waals surface area contributed by atoms with E-state index in [0.29, 0.717) is 0 Å². The standard InChI is InChI=1S/C8H13O2.Na.H3O4P/c1-3-5-6-7-10-8(9)4-2;;1-5(2,3)4/h4,7H,2-3,5-6H2,1H3;;(H3,1,2,3,4)/q-1;+1;. The summed E-state index contributed by atoms with van der Waals surface area (Å²) in [7, 11) is -4.64. The molecule has 0 saturated carbocycles. The second kappa shape index (κ2) is 13.4. The third-order valence-electron chi connectivity index (χ3n) is 1.04. The summed E-state index contributed by atoms with van der Waals surface area (Å²) < 4.78 is 13.5. The maximum atomic E-state index is 10.4. The Hall–Kier alpha value is 0.320. The van der Waals surface area contributed by atoms with Crippen molar-refractivity contribution >= 4 is 13.8 Å². The van der Waals surface area contributed by atoms with Crippen molar-refractivity contribution in [1.29, 1.82) is 0 Å². The number of hydrogen-bond donors (Lipinski definition) is 3. The van der Waals surface area contributed by atoms with Gasteiger partial charge in [0, 0.05) is 6.08 Å². The minimum absolute atomic E-state index is 0. The molecule has 0 aliphatic carbocycles. The van der Waals surface area contributed by atoms with E-state index in [1.54, 1.807) is 0 Å². The largest absolute Gasteiger partial charge is 1.00 e. The fraction of sp³-hybridized carbons (Fsp3) is 0.500. The van der Waals surface area contributed by atoms with Gasteiger partial charge in [-0.3, -0.25) is 0 Å². The summed E-state index contributed by atoms with van der Waals surface area (Å²) in [4.78, 5) is 32.0. The predicted octanol–water partition coefficient (Wildman–Crippen LogP) is -1.86. The van der Waals surface area contributed by atoms with Gasteiger partial charge in [0.1, 0.15) is 0 Å². The molecule has 0 heterocycles. The molecule has 90 valence electrons. The van der Waals surface area contributed by atoms with Gasteiger partial charge in [-0.1, -0.05) is 26.3 Å². The van der Waals surface area contributed by atoms with Crippen LogP contribution in [0.2, 0.25) is 0 Å². The third-order valence-corrected chi connectivity index (χ3v) is 1.04. The average Bonchev–Trinajstić information content (AvgIpc) is 2.09. The Bertz CT molecular complexity index is 218. The van der Waals surface area contributed by atoms with Crippen molar-refractivity contribution in [3.63, 3.8) is 0 Å². The Kier molecular flexibility index (Phi) is 18.1. The first-order valence-electron chi connectivity index (χ1n) is 4.24. The Morgan fingerprint density at radius 1 is 1.50 bits per heavy atom. The first-order chi connectivity index (χ1) is 6.81. The Balaban J connectivity index is -0.000000242. The zero-order valence-electron chi connectivity index (χ0n) is 9.50. The summed E-state index contributed by atoms with van der Waals surface area (Å²) in [6.07, 6.45) is 4.16. The van der Waals surface area contributed by atoms with E-state index >= 15 is 0 Å². The molecule has 0 unspecified atom stereocenters. The molecule has 0 bridgehead atoms. The van der Waals surface area contributed by atoms with Gasteiger partial charge >= 0.3 is 37.4 Å². The molecule has 0 spiro atoms. The summed E-state index contributed by atoms with van der Waals surface area (Å²) in [6.45, 7) is 6.87. The average molecular weight is 262 g/mol. The van der Waals surface area contributed by atoms with Crippen LogP contribution in [-0.2, 0) is 14.1 Å². The van der Waals surface area contributed by atoms with Crippen LogP contribution >= 0.6 is 7.82 Å². The molecule has 0 rings (SSSR count). The van der Waals surface area contributed by atoms with Gasteiger partial charge in [-0.25, -0.2) is 9.36 Å².